The lowest BCUT2D eigenvalue weighted by atomic mass is 10.0. The number of aliphatic hydroxyl groups is 1. The van der Waals surface area contributed by atoms with E-state index in [1.165, 1.54) is 276 Å². The lowest BCUT2D eigenvalue weighted by Gasteiger charge is -2.26. The third-order valence-electron chi connectivity index (χ3n) is 15.1. The van der Waals surface area contributed by atoms with Crippen molar-refractivity contribution in [2.45, 2.75) is 353 Å². The molecule has 0 aliphatic heterocycles. The summed E-state index contributed by atoms with van der Waals surface area (Å²) in [5.41, 5.74) is 0. The number of nitrogens with one attached hydrogen (secondary N) is 1. The number of phosphoric ester groups is 1. The third kappa shape index (κ3) is 57.1. The molecular formula is C62H128N2O6P+. The van der Waals surface area contributed by atoms with E-state index in [0.29, 0.717) is 23.9 Å². The van der Waals surface area contributed by atoms with Crippen LogP contribution < -0.4 is 5.32 Å². The molecule has 0 aliphatic rings. The van der Waals surface area contributed by atoms with Crippen molar-refractivity contribution in [2.24, 2.45) is 0 Å². The molecule has 0 spiro atoms. The molecule has 0 saturated carbocycles. The molecule has 0 heterocycles. The van der Waals surface area contributed by atoms with Gasteiger partial charge in [0.15, 0.2) is 0 Å². The highest BCUT2D eigenvalue weighted by Crippen LogP contribution is 2.43. The Hall–Kier alpha value is -0.500. The fourth-order valence-corrected chi connectivity index (χ4v) is 10.8. The number of carbonyl (C=O) groups is 1. The molecular weight excluding hydrogens is 900 g/mol. The molecule has 0 rings (SSSR count). The number of quaternary nitrogens is 1. The Balaban J connectivity index is 3.84. The zero-order valence-corrected chi connectivity index (χ0v) is 49.7. The van der Waals surface area contributed by atoms with Gasteiger partial charge in [-0.3, -0.25) is 13.8 Å². The highest BCUT2D eigenvalue weighted by molar-refractivity contribution is 7.47. The quantitative estimate of drug-likeness (QED) is 0.0318. The fraction of sp³-hybridized carbons (Fsp3) is 0.984. The standard InChI is InChI=1S/C62H127N2O6P/c1-6-8-10-12-14-16-18-20-21-22-23-24-25-26-27-28-29-30-31-32-33-34-35-36-37-38-39-40-41-42-44-46-48-50-52-54-56-62(66)63-60(59-70-71(67,68)69-58-57-64(3,4)5)61(65)55-53-51-49-47-45-43-19-17-15-13-11-9-7-2/h60-61,65H,6-59H2,1-5H3,(H-,63,66,67,68)/p+1. The van der Waals surface area contributed by atoms with Gasteiger partial charge in [-0.05, 0) is 12.8 Å². The van der Waals surface area contributed by atoms with Gasteiger partial charge < -0.3 is 19.8 Å². The van der Waals surface area contributed by atoms with E-state index in [0.717, 1.165) is 38.5 Å². The van der Waals surface area contributed by atoms with Gasteiger partial charge in [-0.2, -0.15) is 0 Å². The van der Waals surface area contributed by atoms with Crippen LogP contribution in [0.25, 0.3) is 0 Å². The van der Waals surface area contributed by atoms with E-state index in [-0.39, 0.29) is 19.1 Å². The lowest BCUT2D eigenvalue weighted by Crippen LogP contribution is -2.46. The highest BCUT2D eigenvalue weighted by atomic mass is 31.2. The first kappa shape index (κ1) is 70.5. The molecule has 0 aromatic heterocycles. The minimum absolute atomic E-state index is 0.0789. The number of phosphoric acid groups is 1. The number of amides is 1. The molecule has 426 valence electrons. The molecule has 9 heteroatoms. The van der Waals surface area contributed by atoms with Gasteiger partial charge >= 0.3 is 7.82 Å². The Morgan fingerprint density at radius 3 is 0.944 bits per heavy atom. The number of aliphatic hydroxyl groups excluding tert-OH is 1. The van der Waals surface area contributed by atoms with Gasteiger partial charge in [0, 0.05) is 6.42 Å². The minimum Gasteiger partial charge on any atom is -0.391 e. The number of carbonyl (C=O) groups excluding carboxylic acids is 1. The van der Waals surface area contributed by atoms with Crippen LogP contribution in [0, 0.1) is 0 Å². The van der Waals surface area contributed by atoms with Crippen molar-refractivity contribution < 1.29 is 32.9 Å². The van der Waals surface area contributed by atoms with Gasteiger partial charge in [-0.1, -0.05) is 322 Å². The van der Waals surface area contributed by atoms with Gasteiger partial charge in [0.2, 0.25) is 5.91 Å². The van der Waals surface area contributed by atoms with Crippen molar-refractivity contribution in [3.8, 4) is 0 Å². The smallest absolute Gasteiger partial charge is 0.391 e. The summed E-state index contributed by atoms with van der Waals surface area (Å²) in [6, 6.07) is -0.754. The molecule has 0 fully saturated rings. The van der Waals surface area contributed by atoms with E-state index in [2.05, 4.69) is 19.2 Å². The second-order valence-electron chi connectivity index (χ2n) is 23.5. The van der Waals surface area contributed by atoms with Crippen LogP contribution in [0.5, 0.6) is 0 Å². The molecule has 3 unspecified atom stereocenters. The van der Waals surface area contributed by atoms with Crippen LogP contribution >= 0.6 is 7.82 Å². The topological polar surface area (TPSA) is 105 Å². The Morgan fingerprint density at radius 2 is 0.676 bits per heavy atom. The summed E-state index contributed by atoms with van der Waals surface area (Å²) < 4.78 is 23.8. The maximum Gasteiger partial charge on any atom is 0.472 e. The first-order chi connectivity index (χ1) is 34.5. The van der Waals surface area contributed by atoms with Gasteiger partial charge in [0.25, 0.3) is 0 Å². The van der Waals surface area contributed by atoms with Crippen LogP contribution in [-0.2, 0) is 18.4 Å². The van der Waals surface area contributed by atoms with Crippen molar-refractivity contribution >= 4 is 13.7 Å². The molecule has 3 atom stereocenters. The second-order valence-corrected chi connectivity index (χ2v) is 25.0. The van der Waals surface area contributed by atoms with E-state index in [4.69, 9.17) is 9.05 Å². The molecule has 0 bridgehead atoms. The summed E-state index contributed by atoms with van der Waals surface area (Å²) in [4.78, 5) is 23.3. The summed E-state index contributed by atoms with van der Waals surface area (Å²) in [5.74, 6) is -0.136. The van der Waals surface area contributed by atoms with Crippen molar-refractivity contribution in [3.63, 3.8) is 0 Å². The average molecular weight is 1030 g/mol. The SMILES string of the molecule is CCCCCCCCCCCCCCCCCCCCCCCCCCCCCCCCCCCCCCC(=O)NC(COP(=O)(O)OCC[N+](C)(C)C)C(O)CCCCCCCCCCCCCCC. The van der Waals surface area contributed by atoms with Crippen molar-refractivity contribution in [1.29, 1.82) is 0 Å². The minimum atomic E-state index is -4.32. The zero-order chi connectivity index (χ0) is 52.0. The van der Waals surface area contributed by atoms with E-state index in [1.54, 1.807) is 0 Å². The number of nitrogens with zero attached hydrogens (tertiary/aromatic N) is 1. The van der Waals surface area contributed by atoms with Crippen molar-refractivity contribution in [1.82, 2.24) is 5.32 Å². The predicted molar refractivity (Wildman–Crippen MR) is 309 cm³/mol. The number of hydrogen-bond acceptors (Lipinski definition) is 5. The van der Waals surface area contributed by atoms with E-state index >= 15 is 0 Å². The highest BCUT2D eigenvalue weighted by Gasteiger charge is 2.28. The van der Waals surface area contributed by atoms with Crippen LogP contribution in [0.2, 0.25) is 0 Å². The molecule has 1 amide bonds. The van der Waals surface area contributed by atoms with Gasteiger partial charge in [0.1, 0.15) is 13.2 Å². The Bertz CT molecular complexity index is 1120. The number of likely N-dealkylation sites (N-methyl/N-ethyl adjacent to an activating group) is 1. The Labute approximate surface area is 444 Å². The molecule has 8 nitrogen and oxygen atoms in total. The lowest BCUT2D eigenvalue weighted by molar-refractivity contribution is -0.870. The van der Waals surface area contributed by atoms with Gasteiger partial charge in [-0.25, -0.2) is 4.57 Å². The van der Waals surface area contributed by atoms with Crippen LogP contribution in [0.3, 0.4) is 0 Å². The van der Waals surface area contributed by atoms with Crippen LogP contribution in [0.4, 0.5) is 0 Å². The average Bonchev–Trinajstić information content (AvgIpc) is 3.33. The molecule has 71 heavy (non-hydrogen) atoms. The zero-order valence-electron chi connectivity index (χ0n) is 48.8. The normalized spacial score (nSPS) is 13.7. The Morgan fingerprint density at radius 1 is 0.423 bits per heavy atom. The van der Waals surface area contributed by atoms with Crippen molar-refractivity contribution in [3.05, 3.63) is 0 Å². The largest absolute Gasteiger partial charge is 0.472 e. The van der Waals surface area contributed by atoms with E-state index in [9.17, 15) is 19.4 Å². The number of hydrogen-bond donors (Lipinski definition) is 3. The van der Waals surface area contributed by atoms with Crippen LogP contribution in [0.1, 0.15) is 341 Å². The first-order valence-electron chi connectivity index (χ1n) is 31.9. The predicted octanol–water partition coefficient (Wildman–Crippen LogP) is 19.6. The summed E-state index contributed by atoms with van der Waals surface area (Å²) in [7, 11) is 1.64. The summed E-state index contributed by atoms with van der Waals surface area (Å²) in [6.45, 7) is 4.94. The van der Waals surface area contributed by atoms with E-state index < -0.39 is 20.0 Å². The molecule has 0 radical (unpaired) electrons. The number of unbranched alkanes of at least 4 members (excludes halogenated alkanes) is 47. The maximum absolute atomic E-state index is 13.0. The van der Waals surface area contributed by atoms with Gasteiger partial charge in [0.05, 0.1) is 39.9 Å². The van der Waals surface area contributed by atoms with Crippen LogP contribution in [-0.4, -0.2) is 73.4 Å². The molecule has 0 aliphatic carbocycles. The summed E-state index contributed by atoms with van der Waals surface area (Å²) in [6.07, 6.45) is 66.3. The number of rotatable bonds is 60. The fourth-order valence-electron chi connectivity index (χ4n) is 10.1. The molecule has 0 aromatic rings. The summed E-state index contributed by atoms with van der Waals surface area (Å²) >= 11 is 0. The van der Waals surface area contributed by atoms with Gasteiger partial charge in [-0.15, -0.1) is 0 Å². The first-order valence-corrected chi connectivity index (χ1v) is 33.4. The third-order valence-corrected chi connectivity index (χ3v) is 16.1. The molecule has 0 saturated heterocycles. The molecule has 0 aromatic carbocycles. The monoisotopic (exact) mass is 1030 g/mol. The Kier molecular flexibility index (Phi) is 53.9. The van der Waals surface area contributed by atoms with Crippen molar-refractivity contribution in [2.75, 3.05) is 40.9 Å². The summed E-state index contributed by atoms with van der Waals surface area (Å²) in [5, 5.41) is 14.0. The second kappa shape index (κ2) is 54.3. The molecule has 3 N–H and O–H groups in total. The maximum atomic E-state index is 13.0. The van der Waals surface area contributed by atoms with E-state index in [1.807, 2.05) is 21.1 Å². The van der Waals surface area contributed by atoms with Crippen LogP contribution in [0.15, 0.2) is 0 Å².